The number of unbranched alkanes of at least 4 members (excludes halogenated alkanes) is 6. The first-order chi connectivity index (χ1) is 13.2. The van der Waals surface area contributed by atoms with Gasteiger partial charge in [0.1, 0.15) is 0 Å². The fourth-order valence-electron chi connectivity index (χ4n) is 4.15. The van der Waals surface area contributed by atoms with Crippen LogP contribution in [0, 0.1) is 36.8 Å². The molecule has 2 aromatic carbocycles. The van der Waals surface area contributed by atoms with Gasteiger partial charge < -0.3 is 0 Å². The second kappa shape index (κ2) is 9.78. The molecule has 0 bridgehead atoms. The zero-order chi connectivity index (χ0) is 19.2. The number of aryl methyl sites for hydroxylation is 2. The molecule has 0 spiro atoms. The average Bonchev–Trinajstić information content (AvgIpc) is 2.68. The minimum Gasteiger partial charge on any atom is -0.115 e. The standard InChI is InChI=1S/C26H31I/c1-4-7-9-11-13-20-16-23-22-15-19(6-3)26(27)18-25(22)24(23)17-21(20)14-12-10-8-5-2/h3,15-18H,4-5,7-14H2,1-2H3. The average molecular weight is 470 g/mol. The lowest BCUT2D eigenvalue weighted by Gasteiger charge is -2.15. The Balaban J connectivity index is 1.96. The minimum absolute atomic E-state index is 1.02. The Labute approximate surface area is 177 Å². The largest absolute Gasteiger partial charge is 0.115 e. The monoisotopic (exact) mass is 470 g/mol. The molecule has 1 aliphatic carbocycles. The van der Waals surface area contributed by atoms with Gasteiger partial charge in [-0.25, -0.2) is 0 Å². The van der Waals surface area contributed by atoms with Crippen molar-refractivity contribution in [1.82, 2.24) is 0 Å². The van der Waals surface area contributed by atoms with Crippen LogP contribution >= 0.6 is 22.6 Å². The Hall–Kier alpha value is -1.27. The molecule has 0 amide bonds. The van der Waals surface area contributed by atoms with E-state index in [0.717, 1.165) is 5.56 Å². The van der Waals surface area contributed by atoms with Crippen molar-refractivity contribution in [3.63, 3.8) is 0 Å². The highest BCUT2D eigenvalue weighted by Gasteiger charge is 2.11. The van der Waals surface area contributed by atoms with Crippen LogP contribution in [0.3, 0.4) is 0 Å². The van der Waals surface area contributed by atoms with Gasteiger partial charge in [0.15, 0.2) is 0 Å². The van der Waals surface area contributed by atoms with Crippen LogP contribution in [0.2, 0.25) is 0 Å². The van der Waals surface area contributed by atoms with E-state index in [1.807, 2.05) is 0 Å². The van der Waals surface area contributed by atoms with Crippen molar-refractivity contribution in [2.24, 2.45) is 0 Å². The summed E-state index contributed by atoms with van der Waals surface area (Å²) in [5.41, 5.74) is 4.18. The quantitative estimate of drug-likeness (QED) is 0.165. The Morgan fingerprint density at radius 3 is 1.67 bits per heavy atom. The maximum Gasteiger partial charge on any atom is 0.0382 e. The molecule has 0 saturated carbocycles. The normalized spacial score (nSPS) is 11.5. The van der Waals surface area contributed by atoms with E-state index < -0.39 is 0 Å². The molecule has 2 aromatic rings. The molecule has 0 unspecified atom stereocenters. The molecule has 0 atom stereocenters. The van der Waals surface area contributed by atoms with Crippen LogP contribution in [0.25, 0.3) is 0 Å². The van der Waals surface area contributed by atoms with Crippen LogP contribution in [0.1, 0.15) is 81.9 Å². The Morgan fingerprint density at radius 2 is 1.19 bits per heavy atom. The van der Waals surface area contributed by atoms with Crippen LogP contribution in [0.4, 0.5) is 0 Å². The topological polar surface area (TPSA) is 0 Å². The Morgan fingerprint density at radius 1 is 0.704 bits per heavy atom. The maximum atomic E-state index is 5.69. The van der Waals surface area contributed by atoms with Gasteiger partial charge >= 0.3 is 0 Å². The second-order valence-corrected chi connectivity index (χ2v) is 8.97. The third kappa shape index (κ3) is 4.60. The van der Waals surface area contributed by atoms with Gasteiger partial charge in [-0.3, -0.25) is 0 Å². The highest BCUT2D eigenvalue weighted by Crippen LogP contribution is 2.24. The van der Waals surface area contributed by atoms with Crippen LogP contribution in [0.15, 0.2) is 24.3 Å². The van der Waals surface area contributed by atoms with Crippen LogP contribution in [0.5, 0.6) is 0 Å². The lowest BCUT2D eigenvalue weighted by molar-refractivity contribution is 0.650. The summed E-state index contributed by atoms with van der Waals surface area (Å²) in [6.45, 7) is 4.57. The van der Waals surface area contributed by atoms with Gasteiger partial charge in [-0.2, -0.15) is 0 Å². The Bertz CT molecular complexity index is 1020. The lowest BCUT2D eigenvalue weighted by atomic mass is 9.90. The van der Waals surface area contributed by atoms with Crippen molar-refractivity contribution in [2.75, 3.05) is 0 Å². The number of terminal acetylenes is 1. The summed E-state index contributed by atoms with van der Waals surface area (Å²) >= 11 is 2.37. The summed E-state index contributed by atoms with van der Waals surface area (Å²) in [4.78, 5) is 0. The summed E-state index contributed by atoms with van der Waals surface area (Å²) in [6.07, 6.45) is 18.8. The van der Waals surface area contributed by atoms with Crippen molar-refractivity contribution < 1.29 is 0 Å². The molecule has 0 N–H and O–H groups in total. The first-order valence-electron chi connectivity index (χ1n) is 10.7. The first-order valence-corrected chi connectivity index (χ1v) is 11.7. The van der Waals surface area contributed by atoms with Gasteiger partial charge in [-0.1, -0.05) is 70.4 Å². The van der Waals surface area contributed by atoms with E-state index in [1.165, 1.54) is 88.7 Å². The number of hydrogen-bond donors (Lipinski definition) is 0. The SMILES string of the molecule is C#Cc1cc2c(cc1I)=c1cc(CCCCCC)c(CCCCCC)cc1=2. The van der Waals surface area contributed by atoms with Crippen LogP contribution in [-0.4, -0.2) is 0 Å². The van der Waals surface area contributed by atoms with Crippen molar-refractivity contribution >= 4 is 22.6 Å². The third-order valence-electron chi connectivity index (χ3n) is 5.78. The van der Waals surface area contributed by atoms with Gasteiger partial charge in [0, 0.05) is 9.13 Å². The number of rotatable bonds is 10. The summed E-state index contributed by atoms with van der Waals surface area (Å²) < 4.78 is 1.19. The van der Waals surface area contributed by atoms with E-state index in [1.54, 1.807) is 11.1 Å². The van der Waals surface area contributed by atoms with Gasteiger partial charge in [0.25, 0.3) is 0 Å². The smallest absolute Gasteiger partial charge is 0.0382 e. The molecule has 0 heterocycles. The molecular weight excluding hydrogens is 439 g/mol. The molecule has 0 fully saturated rings. The molecule has 1 heteroatoms. The summed E-state index contributed by atoms with van der Waals surface area (Å²) in [5.74, 6) is 2.83. The van der Waals surface area contributed by atoms with E-state index in [4.69, 9.17) is 6.42 Å². The van der Waals surface area contributed by atoms with Crippen LogP contribution in [-0.2, 0) is 12.8 Å². The molecule has 0 aromatic heterocycles. The van der Waals surface area contributed by atoms with E-state index in [-0.39, 0.29) is 0 Å². The molecule has 3 rings (SSSR count). The van der Waals surface area contributed by atoms with E-state index in [2.05, 4.69) is 66.6 Å². The first kappa shape index (κ1) is 20.5. The van der Waals surface area contributed by atoms with Crippen molar-refractivity contribution in [2.45, 2.75) is 78.1 Å². The molecule has 0 nitrogen and oxygen atoms in total. The van der Waals surface area contributed by atoms with Crippen LogP contribution < -0.4 is 0 Å². The molecule has 27 heavy (non-hydrogen) atoms. The fourth-order valence-corrected chi connectivity index (χ4v) is 4.77. The number of hydrogen-bond acceptors (Lipinski definition) is 0. The van der Waals surface area contributed by atoms with E-state index >= 15 is 0 Å². The number of benzene rings is 2. The van der Waals surface area contributed by atoms with Crippen molar-refractivity contribution in [1.29, 1.82) is 0 Å². The highest BCUT2D eigenvalue weighted by molar-refractivity contribution is 14.1. The Kier molecular flexibility index (Phi) is 7.41. The van der Waals surface area contributed by atoms with E-state index in [0.29, 0.717) is 0 Å². The van der Waals surface area contributed by atoms with Crippen molar-refractivity contribution in [3.05, 3.63) is 65.4 Å². The van der Waals surface area contributed by atoms with Crippen molar-refractivity contribution in [3.8, 4) is 12.3 Å². The summed E-state index contributed by atoms with van der Waals surface area (Å²) in [6, 6.07) is 9.45. The predicted molar refractivity (Wildman–Crippen MR) is 125 cm³/mol. The molecular formula is C26H31I. The fraction of sp³-hybridized carbons (Fsp3) is 0.462. The lowest BCUT2D eigenvalue weighted by Crippen LogP contribution is -2.02. The number of halogens is 1. The maximum absolute atomic E-state index is 5.69. The summed E-state index contributed by atoms with van der Waals surface area (Å²) in [5, 5.41) is 5.60. The number of fused-ring (bicyclic) bond motifs is 2. The minimum atomic E-state index is 1.02. The highest BCUT2D eigenvalue weighted by atomic mass is 127. The second-order valence-electron chi connectivity index (χ2n) is 7.81. The predicted octanol–water partition coefficient (Wildman–Crippen LogP) is 7.41. The van der Waals surface area contributed by atoms with Gasteiger partial charge in [0.05, 0.1) is 0 Å². The molecule has 1 aliphatic rings. The zero-order valence-electron chi connectivity index (χ0n) is 16.8. The zero-order valence-corrected chi connectivity index (χ0v) is 19.0. The molecule has 0 radical (unpaired) electrons. The van der Waals surface area contributed by atoms with E-state index in [9.17, 15) is 0 Å². The molecule has 0 saturated heterocycles. The third-order valence-corrected chi connectivity index (χ3v) is 6.67. The molecule has 142 valence electrons. The summed E-state index contributed by atoms with van der Waals surface area (Å²) in [7, 11) is 0. The van der Waals surface area contributed by atoms with Gasteiger partial charge in [-0.05, 0) is 92.4 Å². The van der Waals surface area contributed by atoms with Gasteiger partial charge in [-0.15, -0.1) is 6.42 Å². The molecule has 0 aliphatic heterocycles. The van der Waals surface area contributed by atoms with Gasteiger partial charge in [0.2, 0.25) is 0 Å².